The third-order valence-electron chi connectivity index (χ3n) is 2.88. The van der Waals surface area contributed by atoms with E-state index in [-0.39, 0.29) is 12.2 Å². The molecule has 0 fully saturated rings. The lowest BCUT2D eigenvalue weighted by Gasteiger charge is -2.08. The third-order valence-corrected chi connectivity index (χ3v) is 2.88. The van der Waals surface area contributed by atoms with Crippen LogP contribution in [0.5, 0.6) is 11.5 Å². The van der Waals surface area contributed by atoms with Gasteiger partial charge in [0.2, 0.25) is 0 Å². The molecule has 0 aliphatic heterocycles. The van der Waals surface area contributed by atoms with E-state index in [9.17, 15) is 9.18 Å². The Hall–Kier alpha value is -2.60. The van der Waals surface area contributed by atoms with E-state index in [1.165, 1.54) is 12.1 Å². The Bertz CT molecular complexity index is 629. The minimum atomic E-state index is -0.690. The quantitative estimate of drug-likeness (QED) is 0.502. The summed E-state index contributed by atoms with van der Waals surface area (Å²) in [5.41, 5.74) is 2.66. The second-order valence-corrected chi connectivity index (χ2v) is 4.25. The van der Waals surface area contributed by atoms with Gasteiger partial charge in [-0.15, -0.1) is 0 Å². The highest BCUT2D eigenvalue weighted by Crippen LogP contribution is 2.19. The molecule has 1 amide bonds. The number of amides is 1. The predicted molar refractivity (Wildman–Crippen MR) is 75.4 cm³/mol. The predicted octanol–water partition coefficient (Wildman–Crippen LogP) is 2.02. The van der Waals surface area contributed by atoms with Crippen molar-refractivity contribution < 1.29 is 18.7 Å². The average Bonchev–Trinajstić information content (AvgIpc) is 2.52. The molecule has 0 unspecified atom stereocenters. The molecule has 0 bridgehead atoms. The molecule has 0 aromatic heterocycles. The SMILES string of the molecule is COc1ccc(COc2ccc(C(=O)NN)c(F)c2)cc1. The van der Waals surface area contributed by atoms with Crippen molar-refractivity contribution in [3.8, 4) is 11.5 Å². The number of nitrogens with one attached hydrogen (secondary N) is 1. The van der Waals surface area contributed by atoms with Gasteiger partial charge in [0.25, 0.3) is 5.91 Å². The summed E-state index contributed by atoms with van der Waals surface area (Å²) in [6, 6.07) is 11.3. The summed E-state index contributed by atoms with van der Waals surface area (Å²) < 4.78 is 24.2. The molecule has 21 heavy (non-hydrogen) atoms. The van der Waals surface area contributed by atoms with Crippen LogP contribution in [0, 0.1) is 5.82 Å². The van der Waals surface area contributed by atoms with Gasteiger partial charge in [-0.2, -0.15) is 0 Å². The van der Waals surface area contributed by atoms with Crippen LogP contribution < -0.4 is 20.7 Å². The number of methoxy groups -OCH3 is 1. The van der Waals surface area contributed by atoms with Crippen LogP contribution in [0.2, 0.25) is 0 Å². The average molecular weight is 290 g/mol. The first-order chi connectivity index (χ1) is 10.1. The number of hydrazine groups is 1. The molecule has 6 heteroatoms. The fraction of sp³-hybridized carbons (Fsp3) is 0.133. The summed E-state index contributed by atoms with van der Waals surface area (Å²) in [4.78, 5) is 11.3. The molecule has 110 valence electrons. The molecule has 2 aromatic carbocycles. The van der Waals surface area contributed by atoms with E-state index in [2.05, 4.69) is 0 Å². The second kappa shape index (κ2) is 6.71. The first-order valence-electron chi connectivity index (χ1n) is 6.20. The number of hydrogen-bond acceptors (Lipinski definition) is 4. The second-order valence-electron chi connectivity index (χ2n) is 4.25. The van der Waals surface area contributed by atoms with E-state index in [0.717, 1.165) is 17.4 Å². The summed E-state index contributed by atoms with van der Waals surface area (Å²) in [7, 11) is 1.59. The highest BCUT2D eigenvalue weighted by atomic mass is 19.1. The number of halogens is 1. The highest BCUT2D eigenvalue weighted by molar-refractivity contribution is 5.94. The molecule has 3 N–H and O–H groups in total. The van der Waals surface area contributed by atoms with Crippen molar-refractivity contribution in [1.29, 1.82) is 0 Å². The fourth-order valence-corrected chi connectivity index (χ4v) is 1.74. The zero-order chi connectivity index (χ0) is 15.2. The van der Waals surface area contributed by atoms with Gasteiger partial charge in [-0.25, -0.2) is 10.2 Å². The van der Waals surface area contributed by atoms with Gasteiger partial charge in [-0.05, 0) is 29.8 Å². The number of ether oxygens (including phenoxy) is 2. The molecule has 0 aliphatic carbocycles. The summed E-state index contributed by atoms with van der Waals surface area (Å²) >= 11 is 0. The van der Waals surface area contributed by atoms with Crippen molar-refractivity contribution >= 4 is 5.91 Å². The molecular formula is C15H15FN2O3. The first-order valence-corrected chi connectivity index (χ1v) is 6.20. The number of rotatable bonds is 5. The third kappa shape index (κ3) is 3.70. The molecule has 0 aliphatic rings. The molecule has 0 spiro atoms. The summed E-state index contributed by atoms with van der Waals surface area (Å²) in [6.45, 7) is 0.284. The minimum Gasteiger partial charge on any atom is -0.497 e. The standard InChI is InChI=1S/C15H15FN2O3/c1-20-11-4-2-10(3-5-11)9-21-12-6-7-13(14(16)8-12)15(19)18-17/h2-8H,9,17H2,1H3,(H,18,19). The molecule has 5 nitrogen and oxygen atoms in total. The fourth-order valence-electron chi connectivity index (χ4n) is 1.74. The lowest BCUT2D eigenvalue weighted by Crippen LogP contribution is -2.30. The molecule has 0 saturated heterocycles. The van der Waals surface area contributed by atoms with Crippen LogP contribution in [-0.4, -0.2) is 13.0 Å². The van der Waals surface area contributed by atoms with Gasteiger partial charge in [-0.1, -0.05) is 12.1 Å². The number of carbonyl (C=O) groups excluding carboxylic acids is 1. The molecule has 0 atom stereocenters. The van der Waals surface area contributed by atoms with Crippen molar-refractivity contribution in [3.05, 3.63) is 59.4 Å². The molecule has 2 rings (SSSR count). The van der Waals surface area contributed by atoms with Crippen LogP contribution in [0.25, 0.3) is 0 Å². The lowest BCUT2D eigenvalue weighted by atomic mass is 10.2. The minimum absolute atomic E-state index is 0.130. The van der Waals surface area contributed by atoms with Crippen LogP contribution >= 0.6 is 0 Å². The Balaban J connectivity index is 2.03. The number of benzene rings is 2. The first kappa shape index (κ1) is 14.8. The monoisotopic (exact) mass is 290 g/mol. The smallest absolute Gasteiger partial charge is 0.268 e. The summed E-state index contributed by atoms with van der Waals surface area (Å²) in [5.74, 6) is 4.67. The van der Waals surface area contributed by atoms with Crippen LogP contribution in [0.1, 0.15) is 15.9 Å². The van der Waals surface area contributed by atoms with Crippen molar-refractivity contribution in [1.82, 2.24) is 5.43 Å². The molecule has 0 radical (unpaired) electrons. The molecule has 0 heterocycles. The zero-order valence-corrected chi connectivity index (χ0v) is 11.4. The van der Waals surface area contributed by atoms with Gasteiger partial charge in [0, 0.05) is 6.07 Å². The van der Waals surface area contributed by atoms with Crippen molar-refractivity contribution in [2.45, 2.75) is 6.61 Å². The van der Waals surface area contributed by atoms with Crippen LogP contribution in [-0.2, 0) is 6.61 Å². The van der Waals surface area contributed by atoms with E-state index in [4.69, 9.17) is 15.3 Å². The van der Waals surface area contributed by atoms with E-state index in [0.29, 0.717) is 5.75 Å². The van der Waals surface area contributed by atoms with Gasteiger partial charge in [0.05, 0.1) is 12.7 Å². The van der Waals surface area contributed by atoms with Crippen molar-refractivity contribution in [2.24, 2.45) is 5.84 Å². The maximum absolute atomic E-state index is 13.7. The Labute approximate surface area is 121 Å². The van der Waals surface area contributed by atoms with E-state index >= 15 is 0 Å². The number of carbonyl (C=O) groups is 1. The van der Waals surface area contributed by atoms with Gasteiger partial charge >= 0.3 is 0 Å². The Kier molecular flexibility index (Phi) is 4.73. The Morgan fingerprint density at radius 2 is 1.86 bits per heavy atom. The highest BCUT2D eigenvalue weighted by Gasteiger charge is 2.11. The van der Waals surface area contributed by atoms with Crippen LogP contribution in [0.3, 0.4) is 0 Å². The van der Waals surface area contributed by atoms with Crippen molar-refractivity contribution in [2.75, 3.05) is 7.11 Å². The molecule has 0 saturated carbocycles. The van der Waals surface area contributed by atoms with Gasteiger partial charge < -0.3 is 9.47 Å². The van der Waals surface area contributed by atoms with Gasteiger partial charge in [0.1, 0.15) is 23.9 Å². The number of hydrogen-bond donors (Lipinski definition) is 2. The Morgan fingerprint density at radius 1 is 1.19 bits per heavy atom. The van der Waals surface area contributed by atoms with Crippen LogP contribution in [0.15, 0.2) is 42.5 Å². The topological polar surface area (TPSA) is 73.6 Å². The number of nitrogen functional groups attached to an aromatic ring is 1. The lowest BCUT2D eigenvalue weighted by molar-refractivity contribution is 0.0949. The summed E-state index contributed by atoms with van der Waals surface area (Å²) in [5, 5.41) is 0. The maximum atomic E-state index is 13.7. The summed E-state index contributed by atoms with van der Waals surface area (Å²) in [6.07, 6.45) is 0. The van der Waals surface area contributed by atoms with Gasteiger partial charge in [-0.3, -0.25) is 10.2 Å². The van der Waals surface area contributed by atoms with E-state index in [1.54, 1.807) is 7.11 Å². The molecular weight excluding hydrogens is 275 g/mol. The van der Waals surface area contributed by atoms with E-state index in [1.807, 2.05) is 29.7 Å². The largest absolute Gasteiger partial charge is 0.497 e. The van der Waals surface area contributed by atoms with E-state index < -0.39 is 11.7 Å². The van der Waals surface area contributed by atoms with Gasteiger partial charge in [0.15, 0.2) is 0 Å². The molecule has 2 aromatic rings. The van der Waals surface area contributed by atoms with Crippen LogP contribution in [0.4, 0.5) is 4.39 Å². The Morgan fingerprint density at radius 3 is 2.43 bits per heavy atom. The number of nitrogens with two attached hydrogens (primary N) is 1. The zero-order valence-electron chi connectivity index (χ0n) is 11.4. The maximum Gasteiger partial charge on any atom is 0.268 e. The van der Waals surface area contributed by atoms with Crippen molar-refractivity contribution in [3.63, 3.8) is 0 Å². The normalized spacial score (nSPS) is 10.0.